The Morgan fingerprint density at radius 1 is 1.29 bits per heavy atom. The van der Waals surface area contributed by atoms with Gasteiger partial charge in [-0.2, -0.15) is 0 Å². The van der Waals surface area contributed by atoms with Crippen molar-refractivity contribution in [2.75, 3.05) is 12.4 Å². The molecule has 2 N–H and O–H groups in total. The monoisotopic (exact) mass is 249 g/mol. The van der Waals surface area contributed by atoms with E-state index < -0.39 is 0 Å². The number of aryl methyl sites for hydroxylation is 1. The number of nitrogens with zero attached hydrogens (tertiary/aromatic N) is 1. The average molecular weight is 250 g/mol. The molecule has 1 aromatic heterocycles. The number of carbonyl (C=O) groups is 1. The summed E-state index contributed by atoms with van der Waals surface area (Å²) in [5.74, 6) is 0.502. The Labute approximate surface area is 104 Å². The smallest absolute Gasteiger partial charge is 0.320 e. The Morgan fingerprint density at radius 2 is 2.06 bits per heavy atom. The van der Waals surface area contributed by atoms with Gasteiger partial charge in [0.1, 0.15) is 5.82 Å². The predicted octanol–water partition coefficient (Wildman–Crippen LogP) is 2.95. The van der Waals surface area contributed by atoms with Crippen LogP contribution < -0.4 is 10.6 Å². The molecule has 0 saturated carbocycles. The zero-order valence-corrected chi connectivity index (χ0v) is 10.3. The summed E-state index contributed by atoms with van der Waals surface area (Å²) in [5.41, 5.74) is 1.82. The molecule has 88 valence electrons. The van der Waals surface area contributed by atoms with Crippen LogP contribution in [0.5, 0.6) is 0 Å². The molecule has 4 nitrogen and oxygen atoms in total. The Morgan fingerprint density at radius 3 is 2.76 bits per heavy atom. The SMILES string of the molecule is CNC(=O)Nc1ccc2c(Cl)ccc(C)c2n1. The van der Waals surface area contributed by atoms with E-state index in [1.54, 1.807) is 13.1 Å². The Balaban J connectivity index is 2.50. The number of fused-ring (bicyclic) bond motifs is 1. The molecule has 0 atom stereocenters. The van der Waals surface area contributed by atoms with Gasteiger partial charge < -0.3 is 5.32 Å². The molecule has 2 aromatic rings. The van der Waals surface area contributed by atoms with E-state index in [4.69, 9.17) is 11.6 Å². The molecule has 5 heteroatoms. The van der Waals surface area contributed by atoms with Crippen LogP contribution in [-0.2, 0) is 0 Å². The number of pyridine rings is 1. The molecule has 2 rings (SSSR count). The van der Waals surface area contributed by atoms with Crippen LogP contribution >= 0.6 is 11.6 Å². The van der Waals surface area contributed by atoms with Crippen LogP contribution in [0.1, 0.15) is 5.56 Å². The Hall–Kier alpha value is -1.81. The molecular weight excluding hydrogens is 238 g/mol. The molecule has 17 heavy (non-hydrogen) atoms. The molecule has 1 aromatic carbocycles. The number of urea groups is 1. The molecule has 0 aliphatic carbocycles. The Bertz CT molecular complexity index is 583. The lowest BCUT2D eigenvalue weighted by atomic mass is 10.1. The first kappa shape index (κ1) is 11.7. The molecule has 0 fully saturated rings. The first-order chi connectivity index (χ1) is 8.11. The standard InChI is InChI=1S/C12H12ClN3O/c1-7-3-5-9(13)8-4-6-10(15-11(7)8)16-12(17)14-2/h3-6H,1-2H3,(H2,14,15,16,17). The number of hydrogen-bond donors (Lipinski definition) is 2. The van der Waals surface area contributed by atoms with E-state index in [0.717, 1.165) is 16.5 Å². The van der Waals surface area contributed by atoms with Crippen molar-refractivity contribution in [3.05, 3.63) is 34.9 Å². The van der Waals surface area contributed by atoms with Crippen molar-refractivity contribution in [3.8, 4) is 0 Å². The number of hydrogen-bond acceptors (Lipinski definition) is 2. The second kappa shape index (κ2) is 4.59. The van der Waals surface area contributed by atoms with Crippen LogP contribution in [0.15, 0.2) is 24.3 Å². The van der Waals surface area contributed by atoms with Crippen molar-refractivity contribution in [1.29, 1.82) is 0 Å². The third-order valence-electron chi connectivity index (χ3n) is 2.47. The second-order valence-corrected chi connectivity index (χ2v) is 4.07. The zero-order valence-electron chi connectivity index (χ0n) is 9.54. The largest absolute Gasteiger partial charge is 0.341 e. The van der Waals surface area contributed by atoms with Gasteiger partial charge in [-0.05, 0) is 30.7 Å². The van der Waals surface area contributed by atoms with Gasteiger partial charge in [-0.1, -0.05) is 17.7 Å². The highest BCUT2D eigenvalue weighted by Crippen LogP contribution is 2.26. The minimum absolute atomic E-state index is 0.295. The van der Waals surface area contributed by atoms with Gasteiger partial charge in [0.15, 0.2) is 0 Å². The van der Waals surface area contributed by atoms with Gasteiger partial charge in [0.2, 0.25) is 0 Å². The first-order valence-corrected chi connectivity index (χ1v) is 5.54. The van der Waals surface area contributed by atoms with Crippen molar-refractivity contribution in [1.82, 2.24) is 10.3 Å². The van der Waals surface area contributed by atoms with Crippen LogP contribution in [0.25, 0.3) is 10.9 Å². The zero-order chi connectivity index (χ0) is 12.4. The third-order valence-corrected chi connectivity index (χ3v) is 2.80. The van der Waals surface area contributed by atoms with Gasteiger partial charge in [0.05, 0.1) is 5.52 Å². The molecular formula is C12H12ClN3O. The fraction of sp³-hybridized carbons (Fsp3) is 0.167. The van der Waals surface area contributed by atoms with Crippen LogP contribution in [0.4, 0.5) is 10.6 Å². The van der Waals surface area contributed by atoms with Crippen molar-refractivity contribution in [3.63, 3.8) is 0 Å². The molecule has 0 radical (unpaired) electrons. The van der Waals surface area contributed by atoms with E-state index in [9.17, 15) is 4.79 Å². The van der Waals surface area contributed by atoms with Crippen LogP contribution in [0, 0.1) is 6.92 Å². The number of aromatic nitrogens is 1. The molecule has 2 amide bonds. The molecule has 0 aliphatic heterocycles. The summed E-state index contributed by atoms with van der Waals surface area (Å²) in [6.07, 6.45) is 0. The highest BCUT2D eigenvalue weighted by molar-refractivity contribution is 6.35. The Kier molecular flexibility index (Phi) is 3.15. The predicted molar refractivity (Wildman–Crippen MR) is 69.6 cm³/mol. The maximum absolute atomic E-state index is 11.2. The van der Waals surface area contributed by atoms with Gasteiger partial charge >= 0.3 is 6.03 Å². The third kappa shape index (κ3) is 2.31. The van der Waals surface area contributed by atoms with E-state index >= 15 is 0 Å². The number of amides is 2. The van der Waals surface area contributed by atoms with Gasteiger partial charge in [0, 0.05) is 17.5 Å². The number of rotatable bonds is 1. The number of benzene rings is 1. The lowest BCUT2D eigenvalue weighted by Gasteiger charge is -2.07. The molecule has 0 spiro atoms. The molecule has 0 unspecified atom stereocenters. The topological polar surface area (TPSA) is 54.0 Å². The van der Waals surface area contributed by atoms with E-state index in [2.05, 4.69) is 15.6 Å². The summed E-state index contributed by atoms with van der Waals surface area (Å²) in [5, 5.41) is 6.64. The van der Waals surface area contributed by atoms with E-state index in [0.29, 0.717) is 10.8 Å². The van der Waals surface area contributed by atoms with Crippen molar-refractivity contribution < 1.29 is 4.79 Å². The van der Waals surface area contributed by atoms with Gasteiger partial charge in [-0.15, -0.1) is 0 Å². The highest BCUT2D eigenvalue weighted by atomic mass is 35.5. The van der Waals surface area contributed by atoms with Crippen LogP contribution in [-0.4, -0.2) is 18.1 Å². The van der Waals surface area contributed by atoms with Crippen molar-refractivity contribution in [2.45, 2.75) is 6.92 Å². The van der Waals surface area contributed by atoms with Gasteiger partial charge in [-0.25, -0.2) is 9.78 Å². The van der Waals surface area contributed by atoms with Crippen molar-refractivity contribution >= 4 is 34.4 Å². The van der Waals surface area contributed by atoms with Crippen molar-refractivity contribution in [2.24, 2.45) is 0 Å². The maximum Gasteiger partial charge on any atom is 0.320 e. The second-order valence-electron chi connectivity index (χ2n) is 3.66. The first-order valence-electron chi connectivity index (χ1n) is 5.16. The van der Waals surface area contributed by atoms with E-state index in [1.807, 2.05) is 25.1 Å². The number of halogens is 1. The summed E-state index contributed by atoms with van der Waals surface area (Å²) in [7, 11) is 1.55. The van der Waals surface area contributed by atoms with E-state index in [-0.39, 0.29) is 6.03 Å². The molecule has 0 saturated heterocycles. The van der Waals surface area contributed by atoms with Crippen LogP contribution in [0.3, 0.4) is 0 Å². The van der Waals surface area contributed by atoms with Gasteiger partial charge in [0.25, 0.3) is 0 Å². The molecule has 0 aliphatic rings. The minimum atomic E-state index is -0.295. The van der Waals surface area contributed by atoms with E-state index in [1.165, 1.54) is 0 Å². The summed E-state index contributed by atoms with van der Waals surface area (Å²) in [6, 6.07) is 7.02. The lowest BCUT2D eigenvalue weighted by molar-refractivity contribution is 0.254. The highest BCUT2D eigenvalue weighted by Gasteiger charge is 2.06. The number of carbonyl (C=O) groups excluding carboxylic acids is 1. The minimum Gasteiger partial charge on any atom is -0.341 e. The lowest BCUT2D eigenvalue weighted by Crippen LogP contribution is -2.24. The normalized spacial score (nSPS) is 10.3. The molecule has 1 heterocycles. The fourth-order valence-electron chi connectivity index (χ4n) is 1.57. The summed E-state index contributed by atoms with van der Waals surface area (Å²) >= 11 is 6.07. The number of anilines is 1. The summed E-state index contributed by atoms with van der Waals surface area (Å²) < 4.78 is 0. The summed E-state index contributed by atoms with van der Waals surface area (Å²) in [6.45, 7) is 1.95. The fourth-order valence-corrected chi connectivity index (χ4v) is 1.78. The van der Waals surface area contributed by atoms with Crippen LogP contribution in [0.2, 0.25) is 5.02 Å². The summed E-state index contributed by atoms with van der Waals surface area (Å²) in [4.78, 5) is 15.5. The van der Waals surface area contributed by atoms with Gasteiger partial charge in [-0.3, -0.25) is 5.32 Å². The number of nitrogens with one attached hydrogen (secondary N) is 2. The maximum atomic E-state index is 11.2. The average Bonchev–Trinajstić information content (AvgIpc) is 2.34. The quantitative estimate of drug-likeness (QED) is 0.816. The molecule has 0 bridgehead atoms.